The number of hydrogen-bond donors (Lipinski definition) is 1. The van der Waals surface area contributed by atoms with Gasteiger partial charge in [-0.1, -0.05) is 6.07 Å². The van der Waals surface area contributed by atoms with Crippen molar-refractivity contribution in [3.8, 4) is 11.5 Å². The van der Waals surface area contributed by atoms with Crippen LogP contribution in [0, 0.1) is 13.8 Å². The summed E-state index contributed by atoms with van der Waals surface area (Å²) in [7, 11) is 3.22. The number of ether oxygens (including phenoxy) is 2. The van der Waals surface area contributed by atoms with Crippen molar-refractivity contribution < 1.29 is 9.47 Å². The van der Waals surface area contributed by atoms with Gasteiger partial charge in [0.2, 0.25) is 0 Å². The Morgan fingerprint density at radius 3 is 2.45 bits per heavy atom. The molecule has 6 heteroatoms. The van der Waals surface area contributed by atoms with Gasteiger partial charge in [0.15, 0.2) is 11.5 Å². The van der Waals surface area contributed by atoms with E-state index in [1.807, 2.05) is 36.7 Å². The van der Waals surface area contributed by atoms with Crippen LogP contribution in [0.2, 0.25) is 0 Å². The molecule has 0 fully saturated rings. The van der Waals surface area contributed by atoms with E-state index in [0.29, 0.717) is 18.0 Å². The zero-order valence-electron chi connectivity index (χ0n) is 12.3. The predicted octanol–water partition coefficient (Wildman–Crippen LogP) is 1.61. The van der Waals surface area contributed by atoms with Crippen LogP contribution in [0.5, 0.6) is 11.5 Å². The fraction of sp³-hybridized carbons (Fsp3) is 0.429. The van der Waals surface area contributed by atoms with Gasteiger partial charge in [-0.2, -0.15) is 5.10 Å². The Morgan fingerprint density at radius 1 is 1.20 bits per heavy atom. The first kappa shape index (κ1) is 14.3. The highest BCUT2D eigenvalue weighted by Gasteiger charge is 2.13. The van der Waals surface area contributed by atoms with Gasteiger partial charge in [0.05, 0.1) is 20.8 Å². The zero-order valence-corrected chi connectivity index (χ0v) is 12.3. The van der Waals surface area contributed by atoms with Crippen molar-refractivity contribution in [1.29, 1.82) is 0 Å². The van der Waals surface area contributed by atoms with E-state index in [-0.39, 0.29) is 6.04 Å². The third-order valence-electron chi connectivity index (χ3n) is 3.17. The Bertz CT molecular complexity index is 595. The maximum atomic E-state index is 6.24. The summed E-state index contributed by atoms with van der Waals surface area (Å²) in [4.78, 5) is 4.27. The third kappa shape index (κ3) is 2.91. The standard InChI is InChI=1S/C14H20N4O2/c1-9-16-10(2)18(17-9)8-12(15)11-5-6-13(19-3)14(7-11)20-4/h5-7,12H,8,15H2,1-4H3. The van der Waals surface area contributed by atoms with Crippen LogP contribution in [0.4, 0.5) is 0 Å². The van der Waals surface area contributed by atoms with E-state index in [9.17, 15) is 0 Å². The third-order valence-corrected chi connectivity index (χ3v) is 3.17. The fourth-order valence-electron chi connectivity index (χ4n) is 2.11. The maximum absolute atomic E-state index is 6.24. The molecule has 20 heavy (non-hydrogen) atoms. The van der Waals surface area contributed by atoms with Gasteiger partial charge in [0, 0.05) is 6.04 Å². The van der Waals surface area contributed by atoms with Crippen LogP contribution in [0.3, 0.4) is 0 Å². The van der Waals surface area contributed by atoms with Crippen molar-refractivity contribution in [2.75, 3.05) is 14.2 Å². The Labute approximate surface area is 118 Å². The first-order chi connectivity index (χ1) is 9.55. The highest BCUT2D eigenvalue weighted by molar-refractivity contribution is 5.43. The molecule has 0 saturated carbocycles. The van der Waals surface area contributed by atoms with Crippen LogP contribution in [0.1, 0.15) is 23.3 Å². The molecule has 2 aromatic rings. The molecule has 1 atom stereocenters. The molecular weight excluding hydrogens is 256 g/mol. The summed E-state index contributed by atoms with van der Waals surface area (Å²) >= 11 is 0. The summed E-state index contributed by atoms with van der Waals surface area (Å²) in [6.07, 6.45) is 0. The number of benzene rings is 1. The van der Waals surface area contributed by atoms with E-state index in [1.165, 1.54) is 0 Å². The lowest BCUT2D eigenvalue weighted by Crippen LogP contribution is -2.19. The number of aryl methyl sites for hydroxylation is 2. The van der Waals surface area contributed by atoms with Crippen LogP contribution < -0.4 is 15.2 Å². The number of aromatic nitrogens is 3. The van der Waals surface area contributed by atoms with Gasteiger partial charge < -0.3 is 15.2 Å². The van der Waals surface area contributed by atoms with Gasteiger partial charge >= 0.3 is 0 Å². The second-order valence-corrected chi connectivity index (χ2v) is 4.61. The number of nitrogens with two attached hydrogens (primary N) is 1. The molecule has 1 unspecified atom stereocenters. The van der Waals surface area contributed by atoms with Gasteiger partial charge in [-0.15, -0.1) is 0 Å². The molecule has 108 valence electrons. The van der Waals surface area contributed by atoms with E-state index in [1.54, 1.807) is 14.2 Å². The molecule has 1 aromatic heterocycles. The average Bonchev–Trinajstić information content (AvgIpc) is 2.75. The van der Waals surface area contributed by atoms with Crippen LogP contribution in [-0.4, -0.2) is 29.0 Å². The molecule has 0 saturated heterocycles. The van der Waals surface area contributed by atoms with E-state index in [0.717, 1.165) is 17.2 Å². The summed E-state index contributed by atoms with van der Waals surface area (Å²) in [5, 5.41) is 4.32. The van der Waals surface area contributed by atoms with Crippen molar-refractivity contribution >= 4 is 0 Å². The summed E-state index contributed by atoms with van der Waals surface area (Å²) in [5.41, 5.74) is 7.20. The molecule has 0 bridgehead atoms. The fourth-order valence-corrected chi connectivity index (χ4v) is 2.11. The molecule has 0 aliphatic carbocycles. The van der Waals surface area contributed by atoms with Crippen molar-refractivity contribution in [2.45, 2.75) is 26.4 Å². The van der Waals surface area contributed by atoms with Gasteiger partial charge in [-0.25, -0.2) is 9.67 Å². The van der Waals surface area contributed by atoms with Gasteiger partial charge in [0.25, 0.3) is 0 Å². The van der Waals surface area contributed by atoms with Gasteiger partial charge in [0.1, 0.15) is 11.6 Å². The first-order valence-corrected chi connectivity index (χ1v) is 6.40. The number of nitrogens with zero attached hydrogens (tertiary/aromatic N) is 3. The molecule has 0 spiro atoms. The Hall–Kier alpha value is -2.08. The average molecular weight is 276 g/mol. The largest absolute Gasteiger partial charge is 0.493 e. The molecule has 6 nitrogen and oxygen atoms in total. The Balaban J connectivity index is 2.20. The van der Waals surface area contributed by atoms with Gasteiger partial charge in [-0.3, -0.25) is 0 Å². The molecule has 0 amide bonds. The predicted molar refractivity (Wildman–Crippen MR) is 76.0 cm³/mol. The minimum Gasteiger partial charge on any atom is -0.493 e. The van der Waals surface area contributed by atoms with E-state index in [4.69, 9.17) is 15.2 Å². The van der Waals surface area contributed by atoms with Gasteiger partial charge in [-0.05, 0) is 31.5 Å². The molecule has 0 aliphatic heterocycles. The zero-order chi connectivity index (χ0) is 14.7. The highest BCUT2D eigenvalue weighted by atomic mass is 16.5. The molecule has 2 rings (SSSR count). The quantitative estimate of drug-likeness (QED) is 0.898. The normalized spacial score (nSPS) is 12.2. The number of methoxy groups -OCH3 is 2. The smallest absolute Gasteiger partial charge is 0.161 e. The summed E-state index contributed by atoms with van der Waals surface area (Å²) in [6, 6.07) is 5.50. The van der Waals surface area contributed by atoms with Crippen molar-refractivity contribution in [2.24, 2.45) is 5.73 Å². The van der Waals surface area contributed by atoms with Crippen LogP contribution in [0.25, 0.3) is 0 Å². The minimum atomic E-state index is -0.186. The lowest BCUT2D eigenvalue weighted by atomic mass is 10.1. The highest BCUT2D eigenvalue weighted by Crippen LogP contribution is 2.29. The Kier molecular flexibility index (Phi) is 4.24. The molecule has 0 radical (unpaired) electrons. The first-order valence-electron chi connectivity index (χ1n) is 6.40. The minimum absolute atomic E-state index is 0.186. The molecule has 2 N–H and O–H groups in total. The molecule has 0 aliphatic rings. The van der Waals surface area contributed by atoms with Crippen LogP contribution >= 0.6 is 0 Å². The van der Waals surface area contributed by atoms with E-state index < -0.39 is 0 Å². The van der Waals surface area contributed by atoms with E-state index >= 15 is 0 Å². The SMILES string of the molecule is COc1ccc(C(N)Cn2nc(C)nc2C)cc1OC. The van der Waals surface area contributed by atoms with E-state index in [2.05, 4.69) is 10.1 Å². The number of rotatable bonds is 5. The van der Waals surface area contributed by atoms with Crippen LogP contribution in [-0.2, 0) is 6.54 Å². The van der Waals surface area contributed by atoms with Crippen molar-refractivity contribution in [3.05, 3.63) is 35.4 Å². The molecular formula is C14H20N4O2. The summed E-state index contributed by atoms with van der Waals surface area (Å²) in [5.74, 6) is 2.98. The topological polar surface area (TPSA) is 75.2 Å². The lowest BCUT2D eigenvalue weighted by Gasteiger charge is -2.15. The molecule has 1 heterocycles. The number of hydrogen-bond acceptors (Lipinski definition) is 5. The van der Waals surface area contributed by atoms with Crippen molar-refractivity contribution in [1.82, 2.24) is 14.8 Å². The molecule has 1 aromatic carbocycles. The maximum Gasteiger partial charge on any atom is 0.161 e. The van der Waals surface area contributed by atoms with Crippen molar-refractivity contribution in [3.63, 3.8) is 0 Å². The van der Waals surface area contributed by atoms with Crippen LogP contribution in [0.15, 0.2) is 18.2 Å². The lowest BCUT2D eigenvalue weighted by molar-refractivity contribution is 0.354. The summed E-state index contributed by atoms with van der Waals surface area (Å²) < 4.78 is 12.3. The second kappa shape index (κ2) is 5.92. The monoisotopic (exact) mass is 276 g/mol. The Morgan fingerprint density at radius 2 is 1.90 bits per heavy atom. The second-order valence-electron chi connectivity index (χ2n) is 4.61. The summed E-state index contributed by atoms with van der Waals surface area (Å²) in [6.45, 7) is 4.36.